The Bertz CT molecular complexity index is 1240. The number of aromatic nitrogens is 1. The molecule has 4 rings (SSSR count). The SMILES string of the molecule is Bn1cccc1/C(CCN)=C1N=C(/C=C/c2ccc(OCc3ccc(F)cc3)cc2)C=C\1C. The van der Waals surface area contributed by atoms with Gasteiger partial charge >= 0.3 is 0 Å². The van der Waals surface area contributed by atoms with Crippen LogP contribution >= 0.6 is 0 Å². The van der Waals surface area contributed by atoms with E-state index in [9.17, 15) is 4.39 Å². The molecule has 0 saturated carbocycles. The van der Waals surface area contributed by atoms with Gasteiger partial charge in [-0.15, -0.1) is 0 Å². The maximum atomic E-state index is 13.0. The highest BCUT2D eigenvalue weighted by atomic mass is 19.1. The summed E-state index contributed by atoms with van der Waals surface area (Å²) in [5.74, 6) is 0.523. The van der Waals surface area contributed by atoms with Crippen molar-refractivity contribution in [1.29, 1.82) is 0 Å². The molecule has 1 aromatic heterocycles. The maximum absolute atomic E-state index is 13.0. The van der Waals surface area contributed by atoms with Crippen LogP contribution in [-0.2, 0) is 6.61 Å². The Balaban J connectivity index is 1.45. The van der Waals surface area contributed by atoms with Crippen LogP contribution in [0.4, 0.5) is 4.39 Å². The Hall–Kier alpha value is -3.64. The standard InChI is InChI=1S/C27H27BFN3O/c1-19-17-23(31-27(19)25(14-15-30)26-3-2-16-32(26)28)11-6-20-7-12-24(13-8-20)33-18-21-4-9-22(29)10-5-21/h2-13,16-17H,14-15,18,28,30H2,1H3/b11-6+,27-25-. The van der Waals surface area contributed by atoms with E-state index >= 15 is 0 Å². The van der Waals surface area contributed by atoms with E-state index in [0.717, 1.165) is 46.0 Å². The summed E-state index contributed by atoms with van der Waals surface area (Å²) in [6.45, 7) is 3.07. The van der Waals surface area contributed by atoms with Crippen molar-refractivity contribution >= 4 is 25.3 Å². The molecule has 0 aliphatic carbocycles. The summed E-state index contributed by atoms with van der Waals surface area (Å²) in [4.78, 5) is 4.88. The number of allylic oxidation sites excluding steroid dienone is 3. The van der Waals surface area contributed by atoms with Gasteiger partial charge in [0, 0.05) is 11.3 Å². The van der Waals surface area contributed by atoms with Crippen LogP contribution in [0.5, 0.6) is 5.75 Å². The lowest BCUT2D eigenvalue weighted by Gasteiger charge is -2.11. The van der Waals surface area contributed by atoms with Crippen LogP contribution < -0.4 is 10.5 Å². The first-order chi connectivity index (χ1) is 16.0. The first kappa shape index (κ1) is 22.6. The van der Waals surface area contributed by atoms with Crippen molar-refractivity contribution in [2.75, 3.05) is 6.54 Å². The van der Waals surface area contributed by atoms with Crippen molar-refractivity contribution < 1.29 is 9.13 Å². The quantitative estimate of drug-likeness (QED) is 0.514. The summed E-state index contributed by atoms with van der Waals surface area (Å²) in [7, 11) is 2.04. The van der Waals surface area contributed by atoms with Crippen molar-refractivity contribution in [2.45, 2.75) is 20.0 Å². The molecular formula is C27H27BFN3O. The fraction of sp³-hybridized carbons (Fsp3) is 0.148. The Morgan fingerprint density at radius 1 is 1.09 bits per heavy atom. The van der Waals surface area contributed by atoms with Crippen LogP contribution in [0.3, 0.4) is 0 Å². The minimum atomic E-state index is -0.245. The highest BCUT2D eigenvalue weighted by Gasteiger charge is 2.16. The second-order valence-electron chi connectivity index (χ2n) is 8.05. The summed E-state index contributed by atoms with van der Waals surface area (Å²) in [5, 5.41) is 0. The zero-order valence-electron chi connectivity index (χ0n) is 19.0. The third-order valence-corrected chi connectivity index (χ3v) is 5.56. The van der Waals surface area contributed by atoms with E-state index in [-0.39, 0.29) is 5.82 Å². The average Bonchev–Trinajstić information content (AvgIpc) is 3.41. The topological polar surface area (TPSA) is 52.5 Å². The molecule has 0 bridgehead atoms. The molecule has 0 radical (unpaired) electrons. The van der Waals surface area contributed by atoms with Gasteiger partial charge in [-0.3, -0.25) is 0 Å². The predicted octanol–water partition coefficient (Wildman–Crippen LogP) is 4.78. The predicted molar refractivity (Wildman–Crippen MR) is 136 cm³/mol. The molecule has 0 spiro atoms. The van der Waals surface area contributed by atoms with Crippen molar-refractivity contribution in [3.05, 3.63) is 113 Å². The van der Waals surface area contributed by atoms with Crippen molar-refractivity contribution in [1.82, 2.24) is 4.48 Å². The zero-order valence-corrected chi connectivity index (χ0v) is 19.0. The van der Waals surface area contributed by atoms with Crippen LogP contribution in [0.2, 0.25) is 0 Å². The monoisotopic (exact) mass is 439 g/mol. The van der Waals surface area contributed by atoms with Crippen LogP contribution in [-0.4, -0.2) is 24.7 Å². The first-order valence-electron chi connectivity index (χ1n) is 11.0. The molecule has 1 aliphatic rings. The molecule has 0 fully saturated rings. The van der Waals surface area contributed by atoms with Crippen molar-refractivity contribution in [3.8, 4) is 5.75 Å². The van der Waals surface area contributed by atoms with Gasteiger partial charge in [0.15, 0.2) is 0 Å². The van der Waals surface area contributed by atoms with Crippen molar-refractivity contribution in [2.24, 2.45) is 10.7 Å². The van der Waals surface area contributed by atoms with Gasteiger partial charge in [-0.1, -0.05) is 30.3 Å². The fourth-order valence-corrected chi connectivity index (χ4v) is 3.82. The van der Waals surface area contributed by atoms with Gasteiger partial charge < -0.3 is 14.9 Å². The van der Waals surface area contributed by atoms with Gasteiger partial charge in [0.1, 0.15) is 18.2 Å². The van der Waals surface area contributed by atoms with E-state index in [4.69, 9.17) is 15.5 Å². The van der Waals surface area contributed by atoms with Crippen molar-refractivity contribution in [3.63, 3.8) is 0 Å². The lowest BCUT2D eigenvalue weighted by molar-refractivity contribution is 0.306. The zero-order chi connectivity index (χ0) is 23.2. The number of aliphatic imine (C=N–C) groups is 1. The summed E-state index contributed by atoms with van der Waals surface area (Å²) in [6.07, 6.45) is 8.98. The molecule has 2 heterocycles. The lowest BCUT2D eigenvalue weighted by atomic mass is 10.0. The molecule has 166 valence electrons. The highest BCUT2D eigenvalue weighted by molar-refractivity contribution is 6.11. The largest absolute Gasteiger partial charge is 0.489 e. The Morgan fingerprint density at radius 3 is 2.52 bits per heavy atom. The summed E-state index contributed by atoms with van der Waals surface area (Å²) < 4.78 is 20.9. The van der Waals surface area contributed by atoms with Crippen LogP contribution in [0.25, 0.3) is 11.6 Å². The van der Waals surface area contributed by atoms with Gasteiger partial charge in [-0.25, -0.2) is 9.38 Å². The molecule has 3 aromatic rings. The molecule has 0 saturated heterocycles. The molecule has 0 amide bonds. The number of ether oxygens (including phenoxy) is 1. The summed E-state index contributed by atoms with van der Waals surface area (Å²) in [6, 6.07) is 18.3. The maximum Gasteiger partial charge on any atom is 0.223 e. The molecule has 0 unspecified atom stereocenters. The second-order valence-corrected chi connectivity index (χ2v) is 8.05. The van der Waals surface area contributed by atoms with E-state index in [0.29, 0.717) is 13.2 Å². The molecule has 2 aromatic carbocycles. The Morgan fingerprint density at radius 2 is 1.85 bits per heavy atom. The molecule has 1 aliphatic heterocycles. The van der Waals surface area contributed by atoms with Gasteiger partial charge in [0.25, 0.3) is 0 Å². The van der Waals surface area contributed by atoms with Gasteiger partial charge in [0.05, 0.1) is 11.4 Å². The van der Waals surface area contributed by atoms with Crippen LogP contribution in [0, 0.1) is 5.82 Å². The third-order valence-electron chi connectivity index (χ3n) is 5.56. The number of nitrogens with two attached hydrogens (primary N) is 1. The minimum absolute atomic E-state index is 0.245. The summed E-state index contributed by atoms with van der Waals surface area (Å²) in [5.41, 5.74) is 13.3. The van der Waals surface area contributed by atoms with Gasteiger partial charge in [0.2, 0.25) is 7.98 Å². The number of hydrogen-bond acceptors (Lipinski definition) is 3. The number of hydrogen-bond donors (Lipinski definition) is 1. The molecule has 0 atom stereocenters. The van der Waals surface area contributed by atoms with Crippen LogP contribution in [0.1, 0.15) is 30.2 Å². The van der Waals surface area contributed by atoms with E-state index in [1.54, 1.807) is 12.1 Å². The smallest absolute Gasteiger partial charge is 0.223 e. The average molecular weight is 439 g/mol. The number of halogens is 1. The molecular weight excluding hydrogens is 412 g/mol. The Kier molecular flexibility index (Phi) is 7.05. The van der Waals surface area contributed by atoms with Gasteiger partial charge in [-0.05, 0) is 91.3 Å². The third kappa shape index (κ3) is 5.59. The van der Waals surface area contributed by atoms with Gasteiger partial charge in [-0.2, -0.15) is 0 Å². The fourth-order valence-electron chi connectivity index (χ4n) is 3.82. The normalized spacial score (nSPS) is 15.0. The Labute approximate surface area is 195 Å². The minimum Gasteiger partial charge on any atom is -0.489 e. The lowest BCUT2D eigenvalue weighted by Crippen LogP contribution is -2.05. The molecule has 4 nitrogen and oxygen atoms in total. The second kappa shape index (κ2) is 10.3. The van der Waals surface area contributed by atoms with Crippen LogP contribution in [0.15, 0.2) is 95.3 Å². The van der Waals surface area contributed by atoms with E-state index in [1.165, 1.54) is 17.7 Å². The number of nitrogens with zero attached hydrogens (tertiary/aromatic N) is 2. The number of rotatable bonds is 8. The molecule has 2 N–H and O–H groups in total. The molecule has 6 heteroatoms. The van der Waals surface area contributed by atoms with E-state index in [1.807, 2.05) is 56.7 Å². The first-order valence-corrected chi connectivity index (χ1v) is 11.0. The van der Waals surface area contributed by atoms with E-state index in [2.05, 4.69) is 23.5 Å². The summed E-state index contributed by atoms with van der Waals surface area (Å²) >= 11 is 0. The highest BCUT2D eigenvalue weighted by Crippen LogP contribution is 2.31. The van der Waals surface area contributed by atoms with E-state index < -0.39 is 0 Å². The number of benzene rings is 2. The molecule has 33 heavy (non-hydrogen) atoms.